The molecule has 1 N–H and O–H groups in total. The van der Waals surface area contributed by atoms with Gasteiger partial charge >= 0.3 is 0 Å². The summed E-state index contributed by atoms with van der Waals surface area (Å²) in [6, 6.07) is 3.70. The fraction of sp³-hybridized carbons (Fsp3) is 0.500. The van der Waals surface area contributed by atoms with E-state index >= 15 is 0 Å². The number of anilines is 3. The van der Waals surface area contributed by atoms with Crippen molar-refractivity contribution in [1.82, 2.24) is 43.5 Å². The van der Waals surface area contributed by atoms with Gasteiger partial charge in [-0.2, -0.15) is 14.4 Å². The Labute approximate surface area is 247 Å². The lowest BCUT2D eigenvalue weighted by Gasteiger charge is -2.40. The highest BCUT2D eigenvalue weighted by molar-refractivity contribution is 7.91. The normalized spacial score (nSPS) is 21.9. The van der Waals surface area contributed by atoms with Gasteiger partial charge in [-0.05, 0) is 38.9 Å². The van der Waals surface area contributed by atoms with E-state index in [0.29, 0.717) is 34.6 Å². The minimum absolute atomic E-state index is 0.0530. The van der Waals surface area contributed by atoms with Crippen LogP contribution in [-0.2, 0) is 21.4 Å². The topological polar surface area (TPSA) is 137 Å². The summed E-state index contributed by atoms with van der Waals surface area (Å²) >= 11 is 1.22. The fourth-order valence-electron chi connectivity index (χ4n) is 6.15. The number of carbonyl (C=O) groups is 1. The van der Waals surface area contributed by atoms with Gasteiger partial charge in [-0.25, -0.2) is 17.9 Å². The molecule has 7 rings (SSSR count). The highest BCUT2D eigenvalue weighted by Gasteiger charge is 2.47. The molecule has 0 spiro atoms. The Morgan fingerprint density at radius 2 is 1.88 bits per heavy atom. The Kier molecular flexibility index (Phi) is 6.87. The van der Waals surface area contributed by atoms with E-state index < -0.39 is 10.0 Å². The van der Waals surface area contributed by atoms with E-state index in [9.17, 15) is 13.2 Å². The van der Waals surface area contributed by atoms with Crippen molar-refractivity contribution < 1.29 is 13.2 Å². The molecule has 0 saturated carbocycles. The number of sulfonamides is 1. The molecule has 3 aliphatic heterocycles. The monoisotopic (exact) mass is 611 g/mol. The van der Waals surface area contributed by atoms with Crippen LogP contribution in [0.1, 0.15) is 17.8 Å². The SMILES string of the molecule is Cc1ncc(S(=O)(=O)N2C3CCC2CN(c2cccn4nc(Nc5cnn(CC(=O)N6CCN(C)CC6)c5)nc24)C3)s1. The lowest BCUT2D eigenvalue weighted by molar-refractivity contribution is -0.133. The second kappa shape index (κ2) is 10.6. The molecule has 2 bridgehead atoms. The Morgan fingerprint density at radius 1 is 1.12 bits per heavy atom. The summed E-state index contributed by atoms with van der Waals surface area (Å²) in [6.07, 6.45) is 8.40. The first kappa shape index (κ1) is 27.2. The molecule has 4 aromatic heterocycles. The molecule has 0 radical (unpaired) electrons. The lowest BCUT2D eigenvalue weighted by atomic mass is 10.2. The average Bonchev–Trinajstić information content (AvgIpc) is 3.75. The number of rotatable bonds is 7. The van der Waals surface area contributed by atoms with Crippen LogP contribution in [0, 0.1) is 6.92 Å². The van der Waals surface area contributed by atoms with Gasteiger partial charge in [-0.1, -0.05) is 0 Å². The van der Waals surface area contributed by atoms with E-state index in [1.807, 2.05) is 30.2 Å². The number of pyridine rings is 1. The second-order valence-corrected chi connectivity index (χ2v) is 14.5. The Balaban J connectivity index is 1.05. The molecule has 222 valence electrons. The maximum absolute atomic E-state index is 13.5. The van der Waals surface area contributed by atoms with Gasteiger partial charge in [0.1, 0.15) is 6.54 Å². The standard InChI is InChI=1S/C26H33N11O3S2/c1-18-27-13-24(41-18)42(39,40)37-20-5-6-21(37)16-34(15-20)22-4-3-7-36-25(22)30-26(31-36)29-19-12-28-35(14-19)17-23(38)33-10-8-32(2)9-11-33/h3-4,7,12-14,20-21H,5-6,8-11,15-17H2,1-2H3,(H,29,31). The number of aryl methyl sites for hydroxylation is 1. The van der Waals surface area contributed by atoms with Crippen molar-refractivity contribution in [3.63, 3.8) is 0 Å². The zero-order chi connectivity index (χ0) is 29.0. The Bertz CT molecular complexity index is 1710. The average molecular weight is 612 g/mol. The molecule has 3 saturated heterocycles. The number of hydrogen-bond acceptors (Lipinski definition) is 11. The molecule has 7 heterocycles. The highest BCUT2D eigenvalue weighted by atomic mass is 32.2. The summed E-state index contributed by atoms with van der Waals surface area (Å²) in [6.45, 7) is 6.38. The van der Waals surface area contributed by atoms with Gasteiger partial charge in [-0.15, -0.1) is 16.4 Å². The number of aromatic nitrogens is 6. The number of piperazine rings is 2. The van der Waals surface area contributed by atoms with Gasteiger partial charge in [0.25, 0.3) is 10.0 Å². The summed E-state index contributed by atoms with van der Waals surface area (Å²) in [5.41, 5.74) is 2.29. The molecule has 0 aromatic carbocycles. The largest absolute Gasteiger partial charge is 0.365 e. The number of thiazole rings is 1. The molecule has 1 amide bonds. The molecule has 0 aliphatic carbocycles. The van der Waals surface area contributed by atoms with Crippen molar-refractivity contribution in [3.8, 4) is 0 Å². The summed E-state index contributed by atoms with van der Waals surface area (Å²) in [5.74, 6) is 0.467. The number of likely N-dealkylation sites (N-methyl/N-ethyl adjacent to an activating group) is 1. The van der Waals surface area contributed by atoms with Crippen LogP contribution >= 0.6 is 11.3 Å². The molecule has 2 atom stereocenters. The van der Waals surface area contributed by atoms with E-state index in [4.69, 9.17) is 4.98 Å². The van der Waals surface area contributed by atoms with Crippen molar-refractivity contribution in [2.75, 3.05) is 56.5 Å². The molecular weight excluding hydrogens is 578 g/mol. The maximum Gasteiger partial charge on any atom is 0.254 e. The number of nitrogens with one attached hydrogen (secondary N) is 1. The third kappa shape index (κ3) is 5.01. The Hall–Kier alpha value is -3.60. The van der Waals surface area contributed by atoms with Crippen molar-refractivity contribution >= 4 is 50.2 Å². The first-order valence-corrected chi connectivity index (χ1v) is 16.3. The first-order valence-electron chi connectivity index (χ1n) is 14.1. The van der Waals surface area contributed by atoms with Crippen LogP contribution in [0.15, 0.2) is 41.1 Å². The summed E-state index contributed by atoms with van der Waals surface area (Å²) < 4.78 is 32.3. The molecule has 4 aromatic rings. The van der Waals surface area contributed by atoms with Gasteiger partial charge < -0.3 is 20.0 Å². The van der Waals surface area contributed by atoms with Crippen LogP contribution in [0.4, 0.5) is 17.3 Å². The molecular formula is C26H33N11O3S2. The van der Waals surface area contributed by atoms with Crippen LogP contribution in [0.2, 0.25) is 0 Å². The highest BCUT2D eigenvalue weighted by Crippen LogP contribution is 2.38. The molecule has 3 aliphatic rings. The minimum Gasteiger partial charge on any atom is -0.365 e. The number of carbonyl (C=O) groups excluding carboxylic acids is 1. The molecule has 3 fully saturated rings. The van der Waals surface area contributed by atoms with E-state index in [1.54, 1.807) is 25.9 Å². The Morgan fingerprint density at radius 3 is 2.60 bits per heavy atom. The van der Waals surface area contributed by atoms with Gasteiger partial charge in [0.15, 0.2) is 9.86 Å². The van der Waals surface area contributed by atoms with E-state index in [0.717, 1.165) is 49.7 Å². The smallest absolute Gasteiger partial charge is 0.254 e. The van der Waals surface area contributed by atoms with Crippen molar-refractivity contribution in [2.24, 2.45) is 0 Å². The number of nitrogens with zero attached hydrogens (tertiary/aromatic N) is 10. The molecule has 14 nitrogen and oxygen atoms in total. The quantitative estimate of drug-likeness (QED) is 0.325. The van der Waals surface area contributed by atoms with E-state index in [2.05, 4.69) is 37.3 Å². The molecule has 2 unspecified atom stereocenters. The summed E-state index contributed by atoms with van der Waals surface area (Å²) in [7, 11) is -1.52. The number of amides is 1. The first-order chi connectivity index (χ1) is 20.2. The van der Waals surface area contributed by atoms with Gasteiger partial charge in [0.2, 0.25) is 11.9 Å². The van der Waals surface area contributed by atoms with Crippen LogP contribution in [0.5, 0.6) is 0 Å². The minimum atomic E-state index is -3.58. The van der Waals surface area contributed by atoms with Crippen LogP contribution in [-0.4, -0.2) is 116 Å². The van der Waals surface area contributed by atoms with E-state index in [-0.39, 0.29) is 24.5 Å². The van der Waals surface area contributed by atoms with Crippen LogP contribution < -0.4 is 10.2 Å². The van der Waals surface area contributed by atoms with E-state index in [1.165, 1.54) is 17.5 Å². The van der Waals surface area contributed by atoms with Crippen molar-refractivity contribution in [2.45, 2.75) is 42.6 Å². The van der Waals surface area contributed by atoms with Gasteiger partial charge in [-0.3, -0.25) is 9.48 Å². The van der Waals surface area contributed by atoms with Gasteiger partial charge in [0.05, 0.1) is 28.8 Å². The van der Waals surface area contributed by atoms with Crippen molar-refractivity contribution in [3.05, 3.63) is 41.9 Å². The third-order valence-corrected chi connectivity index (χ3v) is 11.6. The number of fused-ring (bicyclic) bond motifs is 3. The summed E-state index contributed by atoms with van der Waals surface area (Å²) in [4.78, 5) is 28.0. The second-order valence-electron chi connectivity index (χ2n) is 11.2. The lowest BCUT2D eigenvalue weighted by Crippen LogP contribution is -2.55. The zero-order valence-electron chi connectivity index (χ0n) is 23.5. The maximum atomic E-state index is 13.5. The zero-order valence-corrected chi connectivity index (χ0v) is 25.1. The summed E-state index contributed by atoms with van der Waals surface area (Å²) in [5, 5.41) is 12.9. The predicted molar refractivity (Wildman–Crippen MR) is 157 cm³/mol. The molecule has 42 heavy (non-hydrogen) atoms. The van der Waals surface area contributed by atoms with Crippen molar-refractivity contribution in [1.29, 1.82) is 0 Å². The third-order valence-electron chi connectivity index (χ3n) is 8.27. The van der Waals surface area contributed by atoms with Crippen LogP contribution in [0.3, 0.4) is 0 Å². The molecule has 16 heteroatoms. The number of hydrogen-bond donors (Lipinski definition) is 1. The van der Waals surface area contributed by atoms with Crippen LogP contribution in [0.25, 0.3) is 5.65 Å². The fourth-order valence-corrected chi connectivity index (χ4v) is 9.21. The predicted octanol–water partition coefficient (Wildman–Crippen LogP) is 1.25. The van der Waals surface area contributed by atoms with Gasteiger partial charge in [0, 0.05) is 63.7 Å².